The van der Waals surface area contributed by atoms with Gasteiger partial charge in [-0.1, -0.05) is 11.6 Å². The number of nitrogen functional groups attached to an aromatic ring is 1. The van der Waals surface area contributed by atoms with Crippen molar-refractivity contribution in [3.63, 3.8) is 0 Å². The number of hydrogen-bond acceptors (Lipinski definition) is 4. The highest BCUT2D eigenvalue weighted by molar-refractivity contribution is 6.30. The molecule has 0 amide bonds. The molecule has 0 atom stereocenters. The van der Waals surface area contributed by atoms with Gasteiger partial charge in [0, 0.05) is 10.6 Å². The predicted molar refractivity (Wildman–Crippen MR) is 87.5 cm³/mol. The summed E-state index contributed by atoms with van der Waals surface area (Å²) in [6.45, 7) is 0. The van der Waals surface area contributed by atoms with Crippen molar-refractivity contribution in [2.24, 2.45) is 0 Å². The Morgan fingerprint density at radius 3 is 2.38 bits per heavy atom. The summed E-state index contributed by atoms with van der Waals surface area (Å²) in [4.78, 5) is 12.6. The molecule has 3 aromatic rings. The van der Waals surface area contributed by atoms with Crippen molar-refractivity contribution >= 4 is 23.2 Å². The van der Waals surface area contributed by atoms with Crippen LogP contribution in [-0.2, 0) is 0 Å². The number of nitriles is 1. The second kappa shape index (κ2) is 6.14. The SMILES string of the molecule is N#Cc1c(C(=O)c2ccc(Cl)cc2)nn(-c2ccc(F)cc2)c1N. The molecule has 7 heteroatoms. The van der Waals surface area contributed by atoms with Gasteiger partial charge in [-0.3, -0.25) is 4.79 Å². The van der Waals surface area contributed by atoms with E-state index in [9.17, 15) is 14.4 Å². The van der Waals surface area contributed by atoms with Gasteiger partial charge in [0.25, 0.3) is 0 Å². The maximum atomic E-state index is 13.1. The Hall–Kier alpha value is -3.17. The van der Waals surface area contributed by atoms with E-state index in [4.69, 9.17) is 17.3 Å². The van der Waals surface area contributed by atoms with Gasteiger partial charge in [-0.2, -0.15) is 10.4 Å². The van der Waals surface area contributed by atoms with Crippen molar-refractivity contribution in [3.8, 4) is 11.8 Å². The van der Waals surface area contributed by atoms with E-state index >= 15 is 0 Å². The number of hydrogen-bond donors (Lipinski definition) is 1. The number of carbonyl (C=O) groups is 1. The molecule has 0 saturated carbocycles. The lowest BCUT2D eigenvalue weighted by atomic mass is 10.1. The van der Waals surface area contributed by atoms with Crippen molar-refractivity contribution in [3.05, 3.63) is 76.2 Å². The minimum atomic E-state index is -0.448. The van der Waals surface area contributed by atoms with E-state index in [1.165, 1.54) is 28.9 Å². The molecule has 3 rings (SSSR count). The molecule has 1 aromatic heterocycles. The molecule has 2 N–H and O–H groups in total. The molecule has 1 heterocycles. The van der Waals surface area contributed by atoms with Gasteiger partial charge in [-0.05, 0) is 48.5 Å². The lowest BCUT2D eigenvalue weighted by molar-refractivity contribution is 0.103. The molecule has 0 fully saturated rings. The van der Waals surface area contributed by atoms with Crippen molar-refractivity contribution in [1.82, 2.24) is 9.78 Å². The summed E-state index contributed by atoms with van der Waals surface area (Å²) in [7, 11) is 0. The summed E-state index contributed by atoms with van der Waals surface area (Å²) in [6, 6.07) is 13.5. The molecule has 0 aliphatic heterocycles. The van der Waals surface area contributed by atoms with Gasteiger partial charge < -0.3 is 5.73 Å². The topological polar surface area (TPSA) is 84.7 Å². The number of benzene rings is 2. The summed E-state index contributed by atoms with van der Waals surface area (Å²) in [6.07, 6.45) is 0. The van der Waals surface area contributed by atoms with Gasteiger partial charge in [-0.25, -0.2) is 9.07 Å². The average Bonchev–Trinajstić information content (AvgIpc) is 2.92. The number of anilines is 1. The zero-order valence-electron chi connectivity index (χ0n) is 12.2. The van der Waals surface area contributed by atoms with E-state index in [-0.39, 0.29) is 17.1 Å². The normalized spacial score (nSPS) is 10.4. The Morgan fingerprint density at radius 1 is 1.17 bits per heavy atom. The van der Waals surface area contributed by atoms with Gasteiger partial charge in [0.1, 0.15) is 23.3 Å². The van der Waals surface area contributed by atoms with E-state index in [0.29, 0.717) is 16.3 Å². The third-order valence-corrected chi connectivity index (χ3v) is 3.68. The number of rotatable bonds is 3. The van der Waals surface area contributed by atoms with Crippen molar-refractivity contribution in [2.45, 2.75) is 0 Å². The maximum absolute atomic E-state index is 13.1. The zero-order valence-corrected chi connectivity index (χ0v) is 13.0. The highest BCUT2D eigenvalue weighted by Crippen LogP contribution is 2.23. The third-order valence-electron chi connectivity index (χ3n) is 3.43. The van der Waals surface area contributed by atoms with E-state index in [2.05, 4.69) is 5.10 Å². The summed E-state index contributed by atoms with van der Waals surface area (Å²) < 4.78 is 14.3. The van der Waals surface area contributed by atoms with Crippen LogP contribution < -0.4 is 5.73 Å². The van der Waals surface area contributed by atoms with Crippen LogP contribution in [0.4, 0.5) is 10.2 Å². The molecular weight excluding hydrogens is 331 g/mol. The average molecular weight is 341 g/mol. The van der Waals surface area contributed by atoms with Crippen LogP contribution in [0.2, 0.25) is 5.02 Å². The Labute approximate surface area is 141 Å². The number of ketones is 1. The van der Waals surface area contributed by atoms with Crippen LogP contribution in [0.1, 0.15) is 21.6 Å². The van der Waals surface area contributed by atoms with Crippen LogP contribution in [0.5, 0.6) is 0 Å². The zero-order chi connectivity index (χ0) is 17.3. The van der Waals surface area contributed by atoms with Crippen molar-refractivity contribution < 1.29 is 9.18 Å². The number of aromatic nitrogens is 2. The fourth-order valence-corrected chi connectivity index (χ4v) is 2.34. The van der Waals surface area contributed by atoms with Crippen LogP contribution in [-0.4, -0.2) is 15.6 Å². The fourth-order valence-electron chi connectivity index (χ4n) is 2.22. The minimum Gasteiger partial charge on any atom is -0.382 e. The van der Waals surface area contributed by atoms with Gasteiger partial charge in [0.2, 0.25) is 5.78 Å². The molecule has 0 radical (unpaired) electrons. The monoisotopic (exact) mass is 340 g/mol. The number of nitrogens with two attached hydrogens (primary N) is 1. The first kappa shape index (κ1) is 15.7. The molecule has 0 aliphatic carbocycles. The van der Waals surface area contributed by atoms with Crippen LogP contribution in [0.3, 0.4) is 0 Å². The van der Waals surface area contributed by atoms with Crippen molar-refractivity contribution in [1.29, 1.82) is 5.26 Å². The largest absolute Gasteiger partial charge is 0.382 e. The first-order valence-corrected chi connectivity index (χ1v) is 7.24. The Kier molecular flexibility index (Phi) is 4.02. The molecule has 24 heavy (non-hydrogen) atoms. The molecule has 2 aromatic carbocycles. The quantitative estimate of drug-likeness (QED) is 0.741. The van der Waals surface area contributed by atoms with Crippen LogP contribution in [0.25, 0.3) is 5.69 Å². The standard InChI is InChI=1S/C17H10ClFN4O/c18-11-3-1-10(2-4-11)16(24)15-14(9-20)17(21)23(22-15)13-7-5-12(19)6-8-13/h1-8H,21H2. The van der Waals surface area contributed by atoms with Gasteiger partial charge >= 0.3 is 0 Å². The second-order valence-electron chi connectivity index (χ2n) is 4.94. The van der Waals surface area contributed by atoms with Crippen LogP contribution in [0, 0.1) is 17.1 Å². The summed E-state index contributed by atoms with van der Waals surface area (Å²) >= 11 is 5.81. The highest BCUT2D eigenvalue weighted by Gasteiger charge is 2.23. The molecule has 0 unspecified atom stereocenters. The number of halogens is 2. The molecule has 0 bridgehead atoms. The van der Waals surface area contributed by atoms with Gasteiger partial charge in [0.05, 0.1) is 5.69 Å². The molecule has 0 spiro atoms. The third kappa shape index (κ3) is 2.73. The first-order chi connectivity index (χ1) is 11.5. The van der Waals surface area contributed by atoms with Crippen molar-refractivity contribution in [2.75, 3.05) is 5.73 Å². The Balaban J connectivity index is 2.10. The minimum absolute atomic E-state index is 0.0152. The lowest BCUT2D eigenvalue weighted by Crippen LogP contribution is -2.05. The summed E-state index contributed by atoms with van der Waals surface area (Å²) in [5, 5.41) is 14.0. The number of nitrogens with zero attached hydrogens (tertiary/aromatic N) is 3. The van der Waals surface area contributed by atoms with Crippen LogP contribution in [0.15, 0.2) is 48.5 Å². The molecule has 0 saturated heterocycles. The predicted octanol–water partition coefficient (Wildman–Crippen LogP) is 3.35. The summed E-state index contributed by atoms with van der Waals surface area (Å²) in [5.74, 6) is -0.848. The molecule has 0 aliphatic rings. The van der Waals surface area contributed by atoms with Gasteiger partial charge in [0.15, 0.2) is 5.69 Å². The molecular formula is C17H10ClFN4O. The fraction of sp³-hybridized carbons (Fsp3) is 0. The highest BCUT2D eigenvalue weighted by atomic mass is 35.5. The molecule has 118 valence electrons. The van der Waals surface area contributed by atoms with Gasteiger partial charge in [-0.15, -0.1) is 0 Å². The smallest absolute Gasteiger partial charge is 0.214 e. The lowest BCUT2D eigenvalue weighted by Gasteiger charge is -2.03. The Morgan fingerprint density at radius 2 is 1.79 bits per heavy atom. The van der Waals surface area contributed by atoms with Crippen LogP contribution >= 0.6 is 11.6 Å². The van der Waals surface area contributed by atoms with E-state index in [1.54, 1.807) is 24.3 Å². The number of carbonyl (C=O) groups excluding carboxylic acids is 1. The molecule has 5 nitrogen and oxygen atoms in total. The Bertz CT molecular complexity index is 956. The van der Waals surface area contributed by atoms with E-state index < -0.39 is 11.6 Å². The van der Waals surface area contributed by atoms with E-state index in [1.807, 2.05) is 6.07 Å². The maximum Gasteiger partial charge on any atom is 0.214 e. The summed E-state index contributed by atoms with van der Waals surface area (Å²) in [5.41, 5.74) is 6.62. The second-order valence-corrected chi connectivity index (χ2v) is 5.38. The first-order valence-electron chi connectivity index (χ1n) is 6.86. The van der Waals surface area contributed by atoms with E-state index in [0.717, 1.165) is 0 Å².